The van der Waals surface area contributed by atoms with Crippen LogP contribution in [0.1, 0.15) is 20.8 Å². The van der Waals surface area contributed by atoms with Crippen LogP contribution in [0, 0.1) is 0 Å². The Kier molecular flexibility index (Phi) is 2.84. The predicted octanol–water partition coefficient (Wildman–Crippen LogP) is 2.39. The number of aromatic nitrogens is 2. The second kappa shape index (κ2) is 4.08. The second-order valence-corrected chi connectivity index (χ2v) is 5.17. The van der Waals surface area contributed by atoms with Crippen LogP contribution < -0.4 is 15.2 Å². The van der Waals surface area contributed by atoms with E-state index in [-0.39, 0.29) is 5.54 Å². The molecule has 0 aliphatic rings. The Hall–Kier alpha value is -1.91. The van der Waals surface area contributed by atoms with Crippen LogP contribution in [0.3, 0.4) is 0 Å². The minimum Gasteiger partial charge on any atom is -0.493 e. The van der Waals surface area contributed by atoms with Gasteiger partial charge in [-0.3, -0.25) is 0 Å². The van der Waals surface area contributed by atoms with E-state index in [1.54, 1.807) is 14.2 Å². The van der Waals surface area contributed by atoms with Gasteiger partial charge in [-0.1, -0.05) is 0 Å². The standard InChI is InChI=1S/C13H19N3O2/c1-13(2,3)16-9-7-11(18-5)10(17-4)6-8(9)15-12(16)14/h6-7H,1-5H3,(H2,14,15). The molecule has 0 aliphatic carbocycles. The SMILES string of the molecule is COc1cc2nc(N)n(C(C)(C)C)c2cc1OC. The predicted molar refractivity (Wildman–Crippen MR) is 72.2 cm³/mol. The van der Waals surface area contributed by atoms with E-state index in [9.17, 15) is 0 Å². The molecular formula is C13H19N3O2. The molecule has 2 rings (SSSR count). The number of hydrogen-bond acceptors (Lipinski definition) is 4. The van der Waals surface area contributed by atoms with Crippen LogP contribution in [0.15, 0.2) is 12.1 Å². The van der Waals surface area contributed by atoms with Gasteiger partial charge in [-0.15, -0.1) is 0 Å². The number of methoxy groups -OCH3 is 2. The van der Waals surface area contributed by atoms with Crippen LogP contribution in [-0.2, 0) is 5.54 Å². The summed E-state index contributed by atoms with van der Waals surface area (Å²) < 4.78 is 12.6. The number of nitrogens with zero attached hydrogens (tertiary/aromatic N) is 2. The summed E-state index contributed by atoms with van der Waals surface area (Å²) in [5.74, 6) is 1.83. The van der Waals surface area contributed by atoms with Gasteiger partial charge in [-0.05, 0) is 20.8 Å². The van der Waals surface area contributed by atoms with Crippen molar-refractivity contribution >= 4 is 17.0 Å². The number of ether oxygens (including phenoxy) is 2. The molecule has 0 saturated carbocycles. The highest BCUT2D eigenvalue weighted by atomic mass is 16.5. The number of nitrogen functional groups attached to an aromatic ring is 1. The van der Waals surface area contributed by atoms with Crippen molar-refractivity contribution in [1.82, 2.24) is 9.55 Å². The Bertz CT molecular complexity index is 582. The third kappa shape index (κ3) is 1.85. The van der Waals surface area contributed by atoms with Crippen LogP contribution in [0.25, 0.3) is 11.0 Å². The number of nitrogens with two attached hydrogens (primary N) is 1. The van der Waals surface area contributed by atoms with E-state index < -0.39 is 0 Å². The molecule has 0 aliphatic heterocycles. The molecule has 0 saturated heterocycles. The van der Waals surface area contributed by atoms with Crippen LogP contribution in [0.2, 0.25) is 0 Å². The van der Waals surface area contributed by atoms with Crippen molar-refractivity contribution in [2.75, 3.05) is 20.0 Å². The van der Waals surface area contributed by atoms with Crippen molar-refractivity contribution in [2.45, 2.75) is 26.3 Å². The highest BCUT2D eigenvalue weighted by Crippen LogP contribution is 2.35. The van der Waals surface area contributed by atoms with Crippen molar-refractivity contribution in [1.29, 1.82) is 0 Å². The third-order valence-electron chi connectivity index (χ3n) is 2.86. The van der Waals surface area contributed by atoms with Gasteiger partial charge in [0, 0.05) is 17.7 Å². The minimum atomic E-state index is -0.140. The van der Waals surface area contributed by atoms with E-state index in [1.807, 2.05) is 16.7 Å². The molecule has 2 N–H and O–H groups in total. The van der Waals surface area contributed by atoms with Gasteiger partial charge >= 0.3 is 0 Å². The van der Waals surface area contributed by atoms with Gasteiger partial charge in [-0.25, -0.2) is 4.98 Å². The van der Waals surface area contributed by atoms with E-state index in [4.69, 9.17) is 15.2 Å². The van der Waals surface area contributed by atoms with Crippen molar-refractivity contribution in [3.63, 3.8) is 0 Å². The highest BCUT2D eigenvalue weighted by molar-refractivity contribution is 5.82. The molecule has 2 aromatic rings. The molecule has 1 aromatic heterocycles. The smallest absolute Gasteiger partial charge is 0.201 e. The Morgan fingerprint density at radius 1 is 1.11 bits per heavy atom. The number of fused-ring (bicyclic) bond motifs is 1. The van der Waals surface area contributed by atoms with Gasteiger partial charge in [0.1, 0.15) is 0 Å². The van der Waals surface area contributed by atoms with Crippen molar-refractivity contribution < 1.29 is 9.47 Å². The van der Waals surface area contributed by atoms with Gasteiger partial charge in [0.25, 0.3) is 0 Å². The van der Waals surface area contributed by atoms with Crippen molar-refractivity contribution in [3.8, 4) is 11.5 Å². The van der Waals surface area contributed by atoms with Crippen molar-refractivity contribution in [2.24, 2.45) is 0 Å². The van der Waals surface area contributed by atoms with E-state index in [0.29, 0.717) is 17.4 Å². The minimum absolute atomic E-state index is 0.140. The molecular weight excluding hydrogens is 230 g/mol. The van der Waals surface area contributed by atoms with Gasteiger partial charge in [0.15, 0.2) is 11.5 Å². The Balaban J connectivity index is 2.78. The first kappa shape index (κ1) is 12.5. The summed E-state index contributed by atoms with van der Waals surface area (Å²) in [5, 5.41) is 0. The van der Waals surface area contributed by atoms with Crippen LogP contribution in [-0.4, -0.2) is 23.8 Å². The number of benzene rings is 1. The second-order valence-electron chi connectivity index (χ2n) is 5.17. The molecule has 0 spiro atoms. The van der Waals surface area contributed by atoms with Crippen LogP contribution in [0.5, 0.6) is 11.5 Å². The lowest BCUT2D eigenvalue weighted by Crippen LogP contribution is -2.23. The van der Waals surface area contributed by atoms with Gasteiger partial charge in [-0.2, -0.15) is 0 Å². The Labute approximate surface area is 107 Å². The Morgan fingerprint density at radius 3 is 2.17 bits per heavy atom. The zero-order valence-electron chi connectivity index (χ0n) is 11.4. The molecule has 0 radical (unpaired) electrons. The van der Waals surface area contributed by atoms with E-state index in [2.05, 4.69) is 25.8 Å². The lowest BCUT2D eigenvalue weighted by Gasteiger charge is -2.23. The quantitative estimate of drug-likeness (QED) is 0.887. The fraction of sp³-hybridized carbons (Fsp3) is 0.462. The fourth-order valence-electron chi connectivity index (χ4n) is 2.13. The number of anilines is 1. The summed E-state index contributed by atoms with van der Waals surface area (Å²) in [6.45, 7) is 6.25. The van der Waals surface area contributed by atoms with E-state index >= 15 is 0 Å². The molecule has 0 bridgehead atoms. The fourth-order valence-corrected chi connectivity index (χ4v) is 2.13. The molecule has 1 heterocycles. The normalized spacial score (nSPS) is 11.8. The highest BCUT2D eigenvalue weighted by Gasteiger charge is 2.21. The first-order valence-corrected chi connectivity index (χ1v) is 5.79. The summed E-state index contributed by atoms with van der Waals surface area (Å²) in [6, 6.07) is 3.75. The first-order valence-electron chi connectivity index (χ1n) is 5.79. The topological polar surface area (TPSA) is 62.3 Å². The lowest BCUT2D eigenvalue weighted by molar-refractivity contribution is 0.355. The van der Waals surface area contributed by atoms with Crippen LogP contribution >= 0.6 is 0 Å². The third-order valence-corrected chi connectivity index (χ3v) is 2.86. The number of hydrogen-bond donors (Lipinski definition) is 1. The summed E-state index contributed by atoms with van der Waals surface area (Å²) >= 11 is 0. The maximum Gasteiger partial charge on any atom is 0.201 e. The number of rotatable bonds is 2. The molecule has 0 unspecified atom stereocenters. The molecule has 18 heavy (non-hydrogen) atoms. The maximum absolute atomic E-state index is 5.99. The number of imidazole rings is 1. The summed E-state index contributed by atoms with van der Waals surface area (Å²) in [5.41, 5.74) is 7.60. The van der Waals surface area contributed by atoms with Crippen molar-refractivity contribution in [3.05, 3.63) is 12.1 Å². The average Bonchev–Trinajstić information content (AvgIpc) is 2.61. The maximum atomic E-state index is 5.99. The van der Waals surface area contributed by atoms with Gasteiger partial charge in [0.05, 0.1) is 25.3 Å². The molecule has 1 aromatic carbocycles. The van der Waals surface area contributed by atoms with E-state index in [1.165, 1.54) is 0 Å². The zero-order chi connectivity index (χ0) is 13.5. The summed E-state index contributed by atoms with van der Waals surface area (Å²) in [4.78, 5) is 4.37. The molecule has 5 heteroatoms. The van der Waals surface area contributed by atoms with Gasteiger partial charge < -0.3 is 19.8 Å². The monoisotopic (exact) mass is 249 g/mol. The van der Waals surface area contributed by atoms with E-state index in [0.717, 1.165) is 11.0 Å². The molecule has 98 valence electrons. The van der Waals surface area contributed by atoms with Crippen LogP contribution in [0.4, 0.5) is 5.95 Å². The molecule has 0 atom stereocenters. The largest absolute Gasteiger partial charge is 0.493 e. The summed E-state index contributed by atoms with van der Waals surface area (Å²) in [7, 11) is 3.22. The zero-order valence-corrected chi connectivity index (χ0v) is 11.4. The van der Waals surface area contributed by atoms with Gasteiger partial charge in [0.2, 0.25) is 5.95 Å². The summed E-state index contributed by atoms with van der Waals surface area (Å²) in [6.07, 6.45) is 0. The lowest BCUT2D eigenvalue weighted by atomic mass is 10.1. The average molecular weight is 249 g/mol. The molecule has 5 nitrogen and oxygen atoms in total. The molecule has 0 amide bonds. The Morgan fingerprint density at radius 2 is 1.67 bits per heavy atom. The first-order chi connectivity index (χ1) is 8.38. The molecule has 0 fully saturated rings.